The van der Waals surface area contributed by atoms with Crippen molar-refractivity contribution in [3.8, 4) is 5.75 Å². The van der Waals surface area contributed by atoms with Crippen LogP contribution >= 0.6 is 0 Å². The summed E-state index contributed by atoms with van der Waals surface area (Å²) in [5, 5.41) is 3.07. The molecule has 5 heteroatoms. The van der Waals surface area contributed by atoms with Crippen LogP contribution in [0.1, 0.15) is 36.8 Å². The fraction of sp³-hybridized carbons (Fsp3) is 0.480. The van der Waals surface area contributed by atoms with Gasteiger partial charge in [0.15, 0.2) is 0 Å². The number of nitrogens with zero attached hydrogens (tertiary/aromatic N) is 2. The maximum atomic E-state index is 12.9. The summed E-state index contributed by atoms with van der Waals surface area (Å²) in [6.45, 7) is 5.61. The molecule has 160 valence electrons. The van der Waals surface area contributed by atoms with E-state index in [1.165, 1.54) is 31.2 Å². The van der Waals surface area contributed by atoms with Crippen molar-refractivity contribution in [3.05, 3.63) is 59.7 Å². The lowest BCUT2D eigenvalue weighted by Crippen LogP contribution is -2.48. The molecule has 0 aromatic heterocycles. The van der Waals surface area contributed by atoms with Crippen LogP contribution < -0.4 is 10.1 Å². The van der Waals surface area contributed by atoms with E-state index in [-0.39, 0.29) is 5.91 Å². The molecule has 0 spiro atoms. The van der Waals surface area contributed by atoms with Crippen molar-refractivity contribution in [1.29, 1.82) is 0 Å². The molecule has 2 saturated heterocycles. The number of anilines is 1. The van der Waals surface area contributed by atoms with Gasteiger partial charge in [0, 0.05) is 18.6 Å². The predicted octanol–water partition coefficient (Wildman–Crippen LogP) is 4.07. The molecule has 2 aliphatic heterocycles. The first-order valence-corrected chi connectivity index (χ1v) is 11.1. The minimum atomic E-state index is 0.0402. The zero-order valence-corrected chi connectivity index (χ0v) is 18.1. The van der Waals surface area contributed by atoms with E-state index in [0.717, 1.165) is 30.9 Å². The van der Waals surface area contributed by atoms with Crippen LogP contribution in [0.3, 0.4) is 0 Å². The number of aryl methyl sites for hydroxylation is 1. The molecule has 5 nitrogen and oxygen atoms in total. The second-order valence-corrected chi connectivity index (χ2v) is 8.60. The van der Waals surface area contributed by atoms with Crippen molar-refractivity contribution < 1.29 is 9.53 Å². The van der Waals surface area contributed by atoms with E-state index >= 15 is 0 Å². The molecular formula is C25H33N3O2. The third kappa shape index (κ3) is 4.85. The maximum absolute atomic E-state index is 12.9. The monoisotopic (exact) mass is 407 g/mol. The molecule has 0 bridgehead atoms. The number of methoxy groups -OCH3 is 1. The fourth-order valence-electron chi connectivity index (χ4n) is 5.08. The SMILES string of the molecule is COc1ccc(C)cc1NC(=O)CN1CCCC1C1CCCN1Cc1ccccc1. The summed E-state index contributed by atoms with van der Waals surface area (Å²) >= 11 is 0. The van der Waals surface area contributed by atoms with Gasteiger partial charge < -0.3 is 10.1 Å². The number of hydrogen-bond donors (Lipinski definition) is 1. The van der Waals surface area contributed by atoms with E-state index < -0.39 is 0 Å². The summed E-state index contributed by atoms with van der Waals surface area (Å²) < 4.78 is 5.41. The molecule has 2 aromatic rings. The van der Waals surface area contributed by atoms with Crippen LogP contribution in [0.4, 0.5) is 5.69 Å². The van der Waals surface area contributed by atoms with Gasteiger partial charge in [-0.2, -0.15) is 0 Å². The Kier molecular flexibility index (Phi) is 6.70. The number of hydrogen-bond acceptors (Lipinski definition) is 4. The van der Waals surface area contributed by atoms with Crippen molar-refractivity contribution in [3.63, 3.8) is 0 Å². The lowest BCUT2D eigenvalue weighted by atomic mass is 10.0. The van der Waals surface area contributed by atoms with Crippen molar-refractivity contribution in [2.45, 2.75) is 51.2 Å². The summed E-state index contributed by atoms with van der Waals surface area (Å²) in [5.74, 6) is 0.746. The molecule has 0 radical (unpaired) electrons. The van der Waals surface area contributed by atoms with Crippen LogP contribution in [0.25, 0.3) is 0 Å². The smallest absolute Gasteiger partial charge is 0.238 e. The molecule has 1 N–H and O–H groups in total. The van der Waals surface area contributed by atoms with E-state index in [4.69, 9.17) is 4.74 Å². The largest absolute Gasteiger partial charge is 0.495 e. The first-order valence-electron chi connectivity index (χ1n) is 11.1. The molecule has 2 fully saturated rings. The van der Waals surface area contributed by atoms with E-state index in [1.54, 1.807) is 7.11 Å². The standard InChI is InChI=1S/C25H33N3O2/c1-19-12-13-24(30-2)21(16-19)26-25(29)18-28-15-7-11-23(28)22-10-6-14-27(22)17-20-8-4-3-5-9-20/h3-5,8-9,12-13,16,22-23H,6-7,10-11,14-15,17-18H2,1-2H3,(H,26,29). The van der Waals surface area contributed by atoms with E-state index in [0.29, 0.717) is 24.4 Å². The lowest BCUT2D eigenvalue weighted by molar-refractivity contribution is -0.117. The Morgan fingerprint density at radius 2 is 1.73 bits per heavy atom. The number of ether oxygens (including phenoxy) is 1. The van der Waals surface area contributed by atoms with Gasteiger partial charge in [-0.15, -0.1) is 0 Å². The second kappa shape index (κ2) is 9.63. The van der Waals surface area contributed by atoms with Crippen LogP contribution in [0, 0.1) is 6.92 Å². The summed E-state index contributed by atoms with van der Waals surface area (Å²) in [6, 6.07) is 17.6. The number of amides is 1. The Balaban J connectivity index is 1.39. The third-order valence-electron chi connectivity index (χ3n) is 6.48. The summed E-state index contributed by atoms with van der Waals surface area (Å²) in [6.07, 6.45) is 4.81. The van der Waals surface area contributed by atoms with Crippen LogP contribution in [-0.2, 0) is 11.3 Å². The number of rotatable bonds is 7. The molecule has 2 aliphatic rings. The van der Waals surface area contributed by atoms with Gasteiger partial charge in [0.25, 0.3) is 0 Å². The first kappa shape index (κ1) is 20.9. The highest BCUT2D eigenvalue weighted by Crippen LogP contribution is 2.31. The van der Waals surface area contributed by atoms with Gasteiger partial charge in [0.1, 0.15) is 5.75 Å². The normalized spacial score (nSPS) is 22.3. The van der Waals surface area contributed by atoms with Crippen molar-refractivity contribution in [2.75, 3.05) is 32.1 Å². The number of benzene rings is 2. The Bertz CT molecular complexity index is 855. The van der Waals surface area contributed by atoms with Crippen LogP contribution in [0.5, 0.6) is 5.75 Å². The Labute approximate surface area is 180 Å². The maximum Gasteiger partial charge on any atom is 0.238 e. The topological polar surface area (TPSA) is 44.8 Å². The number of carbonyl (C=O) groups is 1. The van der Waals surface area contributed by atoms with Gasteiger partial charge in [-0.25, -0.2) is 0 Å². The molecule has 1 amide bonds. The molecular weight excluding hydrogens is 374 g/mol. The van der Waals surface area contributed by atoms with Gasteiger partial charge in [-0.05, 0) is 69.0 Å². The number of nitrogens with one attached hydrogen (secondary N) is 1. The highest BCUT2D eigenvalue weighted by Gasteiger charge is 2.38. The Morgan fingerprint density at radius 3 is 2.47 bits per heavy atom. The molecule has 2 heterocycles. The van der Waals surface area contributed by atoms with Crippen molar-refractivity contribution in [1.82, 2.24) is 9.80 Å². The Hall–Kier alpha value is -2.37. The molecule has 4 rings (SSSR count). The van der Waals surface area contributed by atoms with Crippen LogP contribution in [-0.4, -0.2) is 54.5 Å². The Morgan fingerprint density at radius 1 is 1.03 bits per heavy atom. The average molecular weight is 408 g/mol. The van der Waals surface area contributed by atoms with Crippen molar-refractivity contribution in [2.24, 2.45) is 0 Å². The van der Waals surface area contributed by atoms with Gasteiger partial charge in [0.2, 0.25) is 5.91 Å². The minimum Gasteiger partial charge on any atom is -0.495 e. The average Bonchev–Trinajstić information content (AvgIpc) is 3.38. The zero-order chi connectivity index (χ0) is 20.9. The number of carbonyl (C=O) groups excluding carboxylic acids is 1. The van der Waals surface area contributed by atoms with Gasteiger partial charge in [-0.3, -0.25) is 14.6 Å². The summed E-state index contributed by atoms with van der Waals surface area (Å²) in [5.41, 5.74) is 3.23. The van der Waals surface area contributed by atoms with E-state index in [2.05, 4.69) is 45.4 Å². The lowest BCUT2D eigenvalue weighted by Gasteiger charge is -2.35. The van der Waals surface area contributed by atoms with Gasteiger partial charge >= 0.3 is 0 Å². The molecule has 2 aromatic carbocycles. The molecule has 2 unspecified atom stereocenters. The summed E-state index contributed by atoms with van der Waals surface area (Å²) in [7, 11) is 1.64. The predicted molar refractivity (Wildman–Crippen MR) is 121 cm³/mol. The molecule has 0 saturated carbocycles. The van der Waals surface area contributed by atoms with E-state index in [9.17, 15) is 4.79 Å². The van der Waals surface area contributed by atoms with E-state index in [1.807, 2.05) is 25.1 Å². The van der Waals surface area contributed by atoms with Crippen LogP contribution in [0.2, 0.25) is 0 Å². The highest BCUT2D eigenvalue weighted by atomic mass is 16.5. The quantitative estimate of drug-likeness (QED) is 0.751. The third-order valence-corrected chi connectivity index (χ3v) is 6.48. The summed E-state index contributed by atoms with van der Waals surface area (Å²) in [4.78, 5) is 17.9. The van der Waals surface area contributed by atoms with Gasteiger partial charge in [-0.1, -0.05) is 36.4 Å². The molecule has 0 aliphatic carbocycles. The first-order chi connectivity index (χ1) is 14.6. The second-order valence-electron chi connectivity index (χ2n) is 8.60. The minimum absolute atomic E-state index is 0.0402. The van der Waals surface area contributed by atoms with Gasteiger partial charge in [0.05, 0.1) is 19.3 Å². The fourth-order valence-corrected chi connectivity index (χ4v) is 5.08. The molecule has 30 heavy (non-hydrogen) atoms. The van der Waals surface area contributed by atoms with Crippen molar-refractivity contribution >= 4 is 11.6 Å². The number of likely N-dealkylation sites (tertiary alicyclic amines) is 2. The van der Waals surface area contributed by atoms with Crippen LogP contribution in [0.15, 0.2) is 48.5 Å². The highest BCUT2D eigenvalue weighted by molar-refractivity contribution is 5.93. The molecule has 2 atom stereocenters. The zero-order valence-electron chi connectivity index (χ0n) is 18.1.